The normalized spacial score (nSPS) is 10.4. The molecule has 2 aromatic carbocycles. The first-order valence-electron chi connectivity index (χ1n) is 4.56. The highest BCUT2D eigenvalue weighted by molar-refractivity contribution is 6.34. The molecule has 0 aliphatic heterocycles. The number of aromatic hydroxyl groups is 2. The lowest BCUT2D eigenvalue weighted by atomic mass is 10.0. The average molecular weight is 239 g/mol. The van der Waals surface area contributed by atoms with Gasteiger partial charge in [0.25, 0.3) is 0 Å². The van der Waals surface area contributed by atoms with Crippen LogP contribution in [0, 0.1) is 5.82 Å². The second-order valence-corrected chi connectivity index (χ2v) is 3.65. The molecule has 0 atom stereocenters. The molecule has 0 bridgehead atoms. The molecular formula is C12H8ClFO2. The van der Waals surface area contributed by atoms with E-state index in [0.717, 1.165) is 6.07 Å². The third kappa shape index (κ3) is 1.70. The number of phenols is 2. The Morgan fingerprint density at radius 2 is 1.62 bits per heavy atom. The minimum atomic E-state index is -0.641. The van der Waals surface area contributed by atoms with Crippen molar-refractivity contribution in [3.05, 3.63) is 47.2 Å². The Kier molecular flexibility index (Phi) is 2.71. The molecule has 0 radical (unpaired) electrons. The molecule has 0 fully saturated rings. The number of phenolic OH excluding ortho intramolecular Hbond substituents is 2. The number of para-hydroxylation sites is 1. The monoisotopic (exact) mass is 238 g/mol. The van der Waals surface area contributed by atoms with E-state index >= 15 is 0 Å². The van der Waals surface area contributed by atoms with Gasteiger partial charge in [0, 0.05) is 11.1 Å². The minimum absolute atomic E-state index is 0.0645. The molecule has 2 rings (SSSR count). The van der Waals surface area contributed by atoms with Crippen molar-refractivity contribution in [2.45, 2.75) is 0 Å². The summed E-state index contributed by atoms with van der Waals surface area (Å²) in [5.41, 5.74) is 0.393. The van der Waals surface area contributed by atoms with Crippen LogP contribution >= 0.6 is 11.6 Å². The van der Waals surface area contributed by atoms with Crippen molar-refractivity contribution < 1.29 is 14.6 Å². The van der Waals surface area contributed by atoms with Gasteiger partial charge in [-0.3, -0.25) is 0 Å². The first kappa shape index (κ1) is 10.8. The number of hydrogen-bond donors (Lipinski definition) is 2. The molecule has 16 heavy (non-hydrogen) atoms. The van der Waals surface area contributed by atoms with E-state index in [0.29, 0.717) is 5.56 Å². The minimum Gasteiger partial charge on any atom is -0.507 e. The molecule has 0 spiro atoms. The maximum atomic E-state index is 13.3. The van der Waals surface area contributed by atoms with E-state index in [1.165, 1.54) is 12.1 Å². The van der Waals surface area contributed by atoms with Crippen LogP contribution < -0.4 is 0 Å². The zero-order valence-corrected chi connectivity index (χ0v) is 8.87. The molecule has 0 saturated heterocycles. The number of hydrogen-bond acceptors (Lipinski definition) is 2. The fraction of sp³-hybridized carbons (Fsp3) is 0. The van der Waals surface area contributed by atoms with Crippen LogP contribution in [0.15, 0.2) is 36.4 Å². The van der Waals surface area contributed by atoms with Crippen LogP contribution in [0.2, 0.25) is 5.02 Å². The molecule has 0 heterocycles. The lowest BCUT2D eigenvalue weighted by Gasteiger charge is -2.09. The molecule has 2 nitrogen and oxygen atoms in total. The van der Waals surface area contributed by atoms with Gasteiger partial charge in [-0.1, -0.05) is 29.8 Å². The average Bonchev–Trinajstić information content (AvgIpc) is 2.27. The Labute approximate surface area is 96.5 Å². The number of benzene rings is 2. The third-order valence-electron chi connectivity index (χ3n) is 2.25. The topological polar surface area (TPSA) is 40.5 Å². The van der Waals surface area contributed by atoms with Gasteiger partial charge >= 0.3 is 0 Å². The summed E-state index contributed by atoms with van der Waals surface area (Å²) in [5.74, 6) is -0.879. The van der Waals surface area contributed by atoms with Gasteiger partial charge in [-0.05, 0) is 18.2 Å². The maximum absolute atomic E-state index is 13.3. The van der Waals surface area contributed by atoms with Crippen LogP contribution in [-0.2, 0) is 0 Å². The predicted octanol–water partition coefficient (Wildman–Crippen LogP) is 3.56. The fourth-order valence-corrected chi connectivity index (χ4v) is 1.74. The Balaban J connectivity index is 2.74. The lowest BCUT2D eigenvalue weighted by Crippen LogP contribution is -1.85. The van der Waals surface area contributed by atoms with E-state index in [1.807, 2.05) is 0 Å². The van der Waals surface area contributed by atoms with Crippen molar-refractivity contribution in [2.24, 2.45) is 0 Å². The maximum Gasteiger partial charge on any atom is 0.142 e. The third-order valence-corrected chi connectivity index (χ3v) is 2.62. The van der Waals surface area contributed by atoms with Gasteiger partial charge in [-0.2, -0.15) is 0 Å². The van der Waals surface area contributed by atoms with Gasteiger partial charge in [0.15, 0.2) is 0 Å². The Bertz CT molecular complexity index is 541. The van der Waals surface area contributed by atoms with Gasteiger partial charge < -0.3 is 10.2 Å². The lowest BCUT2D eigenvalue weighted by molar-refractivity contribution is 0.468. The number of rotatable bonds is 1. The largest absolute Gasteiger partial charge is 0.507 e. The van der Waals surface area contributed by atoms with Crippen LogP contribution in [-0.4, -0.2) is 10.2 Å². The van der Waals surface area contributed by atoms with E-state index in [1.54, 1.807) is 18.2 Å². The fourth-order valence-electron chi connectivity index (χ4n) is 1.48. The van der Waals surface area contributed by atoms with Gasteiger partial charge in [0.05, 0.1) is 5.02 Å². The molecule has 0 aliphatic carbocycles. The van der Waals surface area contributed by atoms with Crippen LogP contribution in [0.4, 0.5) is 4.39 Å². The second-order valence-electron chi connectivity index (χ2n) is 3.27. The van der Waals surface area contributed by atoms with Crippen molar-refractivity contribution in [2.75, 3.05) is 0 Å². The van der Waals surface area contributed by atoms with Crippen LogP contribution in [0.25, 0.3) is 11.1 Å². The van der Waals surface area contributed by atoms with Crippen LogP contribution in [0.3, 0.4) is 0 Å². The highest BCUT2D eigenvalue weighted by Crippen LogP contribution is 2.41. The Morgan fingerprint density at radius 3 is 2.31 bits per heavy atom. The van der Waals surface area contributed by atoms with Crippen LogP contribution in [0.1, 0.15) is 0 Å². The molecule has 4 heteroatoms. The van der Waals surface area contributed by atoms with Gasteiger partial charge in [-0.15, -0.1) is 0 Å². The van der Waals surface area contributed by atoms with E-state index < -0.39 is 5.82 Å². The zero-order valence-electron chi connectivity index (χ0n) is 8.11. The molecule has 2 N–H and O–H groups in total. The molecule has 2 aromatic rings. The van der Waals surface area contributed by atoms with E-state index in [-0.39, 0.29) is 22.1 Å². The Hall–Kier alpha value is -1.74. The van der Waals surface area contributed by atoms with Crippen molar-refractivity contribution in [3.63, 3.8) is 0 Å². The predicted molar refractivity (Wildman–Crippen MR) is 60.2 cm³/mol. The van der Waals surface area contributed by atoms with Crippen molar-refractivity contribution >= 4 is 11.6 Å². The molecule has 0 amide bonds. The van der Waals surface area contributed by atoms with E-state index in [4.69, 9.17) is 11.6 Å². The molecule has 0 unspecified atom stereocenters. The summed E-state index contributed by atoms with van der Waals surface area (Å²) in [6.45, 7) is 0. The summed E-state index contributed by atoms with van der Waals surface area (Å²) in [4.78, 5) is 0. The smallest absolute Gasteiger partial charge is 0.142 e. The first-order valence-corrected chi connectivity index (χ1v) is 4.94. The SMILES string of the molecule is Oc1ccccc1-c1c(O)ccc(F)c1Cl. The summed E-state index contributed by atoms with van der Waals surface area (Å²) in [6, 6.07) is 8.55. The van der Waals surface area contributed by atoms with Gasteiger partial charge in [0.2, 0.25) is 0 Å². The highest BCUT2D eigenvalue weighted by atomic mass is 35.5. The summed E-state index contributed by atoms with van der Waals surface area (Å²) >= 11 is 5.76. The second kappa shape index (κ2) is 4.02. The van der Waals surface area contributed by atoms with Crippen molar-refractivity contribution in [3.8, 4) is 22.6 Å². The zero-order chi connectivity index (χ0) is 11.7. The molecule has 82 valence electrons. The summed E-state index contributed by atoms with van der Waals surface area (Å²) in [7, 11) is 0. The molecule has 0 aromatic heterocycles. The Morgan fingerprint density at radius 1 is 0.938 bits per heavy atom. The van der Waals surface area contributed by atoms with Crippen molar-refractivity contribution in [1.82, 2.24) is 0 Å². The number of halogens is 2. The van der Waals surface area contributed by atoms with Crippen molar-refractivity contribution in [1.29, 1.82) is 0 Å². The first-order chi connectivity index (χ1) is 7.61. The van der Waals surface area contributed by atoms with E-state index in [9.17, 15) is 14.6 Å². The summed E-state index contributed by atoms with van der Waals surface area (Å²) in [6.07, 6.45) is 0. The summed E-state index contributed by atoms with van der Waals surface area (Å²) < 4.78 is 13.3. The van der Waals surface area contributed by atoms with E-state index in [2.05, 4.69) is 0 Å². The highest BCUT2D eigenvalue weighted by Gasteiger charge is 2.15. The summed E-state index contributed by atoms with van der Waals surface area (Å²) in [5, 5.41) is 19.0. The quantitative estimate of drug-likeness (QED) is 0.798. The van der Waals surface area contributed by atoms with Crippen LogP contribution in [0.5, 0.6) is 11.5 Å². The molecular weight excluding hydrogens is 231 g/mol. The van der Waals surface area contributed by atoms with Gasteiger partial charge in [0.1, 0.15) is 17.3 Å². The van der Waals surface area contributed by atoms with Gasteiger partial charge in [-0.25, -0.2) is 4.39 Å². The molecule has 0 aliphatic rings. The standard InChI is InChI=1S/C12H8ClFO2/c13-12-8(14)5-6-10(16)11(12)7-3-1-2-4-9(7)15/h1-6,15-16H. The molecule has 0 saturated carbocycles.